The van der Waals surface area contributed by atoms with Crippen molar-refractivity contribution in [1.29, 1.82) is 0 Å². The Morgan fingerprint density at radius 1 is 0.415 bits per heavy atom. The molecule has 2 heterocycles. The van der Waals surface area contributed by atoms with E-state index >= 15 is 0 Å². The highest BCUT2D eigenvalue weighted by Gasteiger charge is 2.46. The standard InChI is InChI=1S/C44H84BN3O32P2/c45-33(49)1-5-65-9-13-69-17-18-70-14-10-66-6-2-46-34(50)27-30(41(57)47-3-7-67-11-15-71-19-21-73-23-25-75-43-39(55)37(53)35(51)31(79-43)28-77-81(59,60)61)42(58)48-4-8-68-12-16-72-20-22-74-24-26-76-44-40(56)38(54)36(52)32(80-44)29-78-82(62,63)64/h30-32,35-40,43-44,51-56H,1-29,45H2,(H,46,50)(H,47,57)(H,48,58)(H2,59,60,61)(H2,62,63,64). The van der Waals surface area contributed by atoms with Crippen LogP contribution in [0.4, 0.5) is 0 Å². The fraction of sp³-hybridized carbons (Fsp3) is 0.909. The molecule has 2 rings (SSSR count). The maximum Gasteiger partial charge on any atom is 0.469 e. The molecule has 0 saturated carbocycles. The molecule has 2 aliphatic heterocycles. The Balaban J connectivity index is 1.65. The van der Waals surface area contributed by atoms with Crippen molar-refractivity contribution in [1.82, 2.24) is 16.0 Å². The van der Waals surface area contributed by atoms with Gasteiger partial charge in [-0.3, -0.25) is 23.4 Å². The Labute approximate surface area is 474 Å². The van der Waals surface area contributed by atoms with Gasteiger partial charge in [0.05, 0.1) is 164 Å². The minimum atomic E-state index is -4.90. The highest BCUT2D eigenvalue weighted by molar-refractivity contribution is 7.46. The predicted molar refractivity (Wildman–Crippen MR) is 275 cm³/mol. The van der Waals surface area contributed by atoms with E-state index in [0.717, 1.165) is 0 Å². The lowest BCUT2D eigenvalue weighted by Gasteiger charge is -2.40. The summed E-state index contributed by atoms with van der Waals surface area (Å²) in [5.41, 5.74) is 0.0498. The summed E-state index contributed by atoms with van der Waals surface area (Å²) in [4.78, 5) is 85.8. The van der Waals surface area contributed by atoms with Gasteiger partial charge < -0.3 is 137 Å². The molecule has 38 heteroatoms. The van der Waals surface area contributed by atoms with E-state index in [2.05, 4.69) is 25.0 Å². The Hall–Kier alpha value is -2.44. The van der Waals surface area contributed by atoms with E-state index in [9.17, 15) is 58.9 Å². The van der Waals surface area contributed by atoms with Gasteiger partial charge in [-0.25, -0.2) is 9.13 Å². The van der Waals surface area contributed by atoms with Gasteiger partial charge in [-0.15, -0.1) is 0 Å². The van der Waals surface area contributed by atoms with Crippen molar-refractivity contribution >= 4 is 46.9 Å². The normalized spacial score (nSPS) is 23.6. The minimum absolute atomic E-state index is 0.00314. The zero-order chi connectivity index (χ0) is 60.6. The molecular weight excluding hydrogens is 1160 g/mol. The Bertz CT molecular complexity index is 1720. The van der Waals surface area contributed by atoms with Crippen LogP contribution in [0.25, 0.3) is 0 Å². The number of phosphoric acid groups is 2. The largest absolute Gasteiger partial charge is 0.469 e. The van der Waals surface area contributed by atoms with Crippen LogP contribution in [0.1, 0.15) is 12.8 Å². The summed E-state index contributed by atoms with van der Waals surface area (Å²) < 4.78 is 106. The zero-order valence-electron chi connectivity index (χ0n) is 45.7. The summed E-state index contributed by atoms with van der Waals surface area (Å²) in [7, 11) is -8.30. The number of carbonyl (C=O) groups is 4. The van der Waals surface area contributed by atoms with Crippen molar-refractivity contribution in [2.75, 3.05) is 178 Å². The Kier molecular flexibility index (Phi) is 41.5. The topological polar surface area (TPSA) is 488 Å². The van der Waals surface area contributed by atoms with Crippen molar-refractivity contribution in [3.05, 3.63) is 0 Å². The van der Waals surface area contributed by atoms with Gasteiger partial charge in [0, 0.05) is 32.5 Å². The van der Waals surface area contributed by atoms with Gasteiger partial charge in [0.1, 0.15) is 54.7 Å². The van der Waals surface area contributed by atoms with Crippen molar-refractivity contribution in [2.45, 2.75) is 74.3 Å². The number of hydrogen-bond donors (Lipinski definition) is 13. The number of phosphoric ester groups is 2. The molecule has 0 spiro atoms. The van der Waals surface area contributed by atoms with E-state index < -0.39 is 120 Å². The smallest absolute Gasteiger partial charge is 0.387 e. The first kappa shape index (κ1) is 75.7. The molecule has 35 nitrogen and oxygen atoms in total. The second-order valence-corrected chi connectivity index (χ2v) is 20.1. The van der Waals surface area contributed by atoms with Gasteiger partial charge in [0.15, 0.2) is 20.4 Å². The molecule has 0 aromatic heterocycles. The van der Waals surface area contributed by atoms with Crippen LogP contribution < -0.4 is 16.0 Å². The molecular formula is C44H84BN3O32P2. The molecule has 0 aliphatic carbocycles. The third kappa shape index (κ3) is 36.5. The summed E-state index contributed by atoms with van der Waals surface area (Å²) in [6.07, 6.45) is -16.1. The maximum atomic E-state index is 13.2. The van der Waals surface area contributed by atoms with E-state index in [-0.39, 0.29) is 138 Å². The van der Waals surface area contributed by atoms with Crippen LogP contribution in [-0.4, -0.2) is 321 Å². The van der Waals surface area contributed by atoms with Crippen LogP contribution in [0.15, 0.2) is 0 Å². The number of ether oxygens (including phenoxy) is 14. The molecule has 0 radical (unpaired) electrons. The van der Waals surface area contributed by atoms with E-state index in [1.165, 1.54) is 7.85 Å². The molecule has 82 heavy (non-hydrogen) atoms. The van der Waals surface area contributed by atoms with Crippen molar-refractivity contribution in [2.24, 2.45) is 5.92 Å². The Morgan fingerprint density at radius 2 is 0.707 bits per heavy atom. The monoisotopic (exact) mass is 1240 g/mol. The average molecular weight is 1240 g/mol. The predicted octanol–water partition coefficient (Wildman–Crippen LogP) is -8.08. The summed E-state index contributed by atoms with van der Waals surface area (Å²) in [5, 5.41) is 68.2. The second-order valence-electron chi connectivity index (χ2n) is 17.6. The van der Waals surface area contributed by atoms with Crippen molar-refractivity contribution in [3.63, 3.8) is 0 Å². The number of hydrogen-bond acceptors (Lipinski definition) is 28. The van der Waals surface area contributed by atoms with Crippen molar-refractivity contribution < 1.29 is 154 Å². The van der Waals surface area contributed by atoms with Gasteiger partial charge in [-0.2, -0.15) is 0 Å². The van der Waals surface area contributed by atoms with E-state index in [4.69, 9.17) is 85.9 Å². The van der Waals surface area contributed by atoms with E-state index in [1.807, 2.05) is 0 Å². The fourth-order valence-corrected chi connectivity index (χ4v) is 7.48. The fourth-order valence-electron chi connectivity index (χ4n) is 6.80. The van der Waals surface area contributed by atoms with Gasteiger partial charge in [0.25, 0.3) is 0 Å². The third-order valence-electron chi connectivity index (χ3n) is 11.1. The van der Waals surface area contributed by atoms with Crippen LogP contribution in [0.5, 0.6) is 0 Å². The molecule has 3 amide bonds. The van der Waals surface area contributed by atoms with Crippen molar-refractivity contribution in [3.8, 4) is 0 Å². The highest BCUT2D eigenvalue weighted by Crippen LogP contribution is 2.38. The molecule has 10 unspecified atom stereocenters. The molecule has 0 aromatic carbocycles. The number of amides is 3. The molecule has 2 saturated heterocycles. The van der Waals surface area contributed by atoms with Crippen LogP contribution in [0, 0.1) is 5.92 Å². The van der Waals surface area contributed by atoms with Crippen LogP contribution in [-0.2, 0) is 104 Å². The maximum absolute atomic E-state index is 13.2. The summed E-state index contributed by atoms with van der Waals surface area (Å²) >= 11 is 0. The van der Waals surface area contributed by atoms with Crippen LogP contribution >= 0.6 is 15.6 Å². The average Bonchev–Trinajstić information content (AvgIpc) is 3.51. The minimum Gasteiger partial charge on any atom is -0.387 e. The lowest BCUT2D eigenvalue weighted by Crippen LogP contribution is -2.59. The first-order chi connectivity index (χ1) is 39.1. The van der Waals surface area contributed by atoms with Crippen LogP contribution in [0.3, 0.4) is 0 Å². The van der Waals surface area contributed by atoms with Crippen LogP contribution in [0.2, 0.25) is 0 Å². The number of carbonyl (C=O) groups excluding carboxylic acids is 4. The molecule has 480 valence electrons. The third-order valence-corrected chi connectivity index (χ3v) is 12.0. The zero-order valence-corrected chi connectivity index (χ0v) is 47.5. The second kappa shape index (κ2) is 44.9. The number of rotatable bonds is 51. The SMILES string of the molecule is BC(=O)CCOCCOCCOCCOCCNC(=O)CC(C(=O)NCCOCCOCCOCCOC1OC(COP(=O)(O)O)C(O)C(O)C1O)C(=O)NCCOCCOCCOCCOC1OC(COP(=O)(O)O)C(O)C(O)C1O. The van der Waals surface area contributed by atoms with Gasteiger partial charge in [-0.1, -0.05) is 0 Å². The van der Waals surface area contributed by atoms with Gasteiger partial charge >= 0.3 is 15.6 Å². The first-order valence-corrected chi connectivity index (χ1v) is 29.3. The number of nitrogens with one attached hydrogen (secondary N) is 3. The highest BCUT2D eigenvalue weighted by atomic mass is 31.2. The lowest BCUT2D eigenvalue weighted by atomic mass is 9.99. The summed E-state index contributed by atoms with van der Waals surface area (Å²) in [6, 6.07) is 0. The molecule has 0 bridgehead atoms. The van der Waals surface area contributed by atoms with Gasteiger partial charge in [0.2, 0.25) is 17.7 Å². The summed E-state index contributed by atoms with van der Waals surface area (Å²) in [6.45, 7) is 1.70. The molecule has 13 N–H and O–H groups in total. The number of aliphatic hydroxyl groups excluding tert-OH is 6. The molecule has 0 aromatic rings. The van der Waals surface area contributed by atoms with E-state index in [0.29, 0.717) is 39.5 Å². The first-order valence-electron chi connectivity index (χ1n) is 26.2. The molecule has 10 atom stereocenters. The van der Waals surface area contributed by atoms with Gasteiger partial charge in [-0.05, 0) is 0 Å². The number of aliphatic hydroxyl groups is 6. The Morgan fingerprint density at radius 3 is 1.02 bits per heavy atom. The van der Waals surface area contributed by atoms with E-state index in [1.54, 1.807) is 0 Å². The summed E-state index contributed by atoms with van der Waals surface area (Å²) in [5.74, 6) is -3.49. The molecule has 2 aliphatic rings. The lowest BCUT2D eigenvalue weighted by molar-refractivity contribution is -0.301. The molecule has 2 fully saturated rings. The quantitative estimate of drug-likeness (QED) is 0.0116.